The van der Waals surface area contributed by atoms with Gasteiger partial charge in [0.15, 0.2) is 0 Å². The van der Waals surface area contributed by atoms with Crippen molar-refractivity contribution in [3.05, 3.63) is 64.7 Å². The zero-order chi connectivity index (χ0) is 17.7. The number of amides is 1. The number of alkyl halides is 1. The van der Waals surface area contributed by atoms with Gasteiger partial charge in [-0.05, 0) is 18.2 Å². The predicted molar refractivity (Wildman–Crippen MR) is 101 cm³/mol. The lowest BCUT2D eigenvalue weighted by Gasteiger charge is -2.22. The summed E-state index contributed by atoms with van der Waals surface area (Å²) in [7, 11) is 5.39. The third-order valence-corrected chi connectivity index (χ3v) is 3.87. The van der Waals surface area contributed by atoms with Crippen molar-refractivity contribution in [1.82, 2.24) is 5.01 Å². The normalized spacial score (nSPS) is 11.3. The highest BCUT2D eigenvalue weighted by molar-refractivity contribution is 6.32. The molecule has 0 aliphatic rings. The van der Waals surface area contributed by atoms with E-state index in [0.29, 0.717) is 10.7 Å². The van der Waals surface area contributed by atoms with Crippen LogP contribution in [0.2, 0.25) is 5.02 Å². The molecule has 6 heteroatoms. The minimum atomic E-state index is -0.197. The molecule has 0 aliphatic carbocycles. The van der Waals surface area contributed by atoms with E-state index in [2.05, 4.69) is 5.10 Å². The van der Waals surface area contributed by atoms with E-state index in [0.717, 1.165) is 16.8 Å². The maximum absolute atomic E-state index is 12.0. The van der Waals surface area contributed by atoms with Gasteiger partial charge >= 0.3 is 0 Å². The van der Waals surface area contributed by atoms with Crippen molar-refractivity contribution < 1.29 is 4.79 Å². The van der Waals surface area contributed by atoms with Crippen LogP contribution in [0.4, 0.5) is 5.69 Å². The van der Waals surface area contributed by atoms with Crippen molar-refractivity contribution in [3.8, 4) is 0 Å². The molecular formula is C18H19Cl2N3O. The number of nitrogens with zero attached hydrogens (tertiary/aromatic N) is 3. The van der Waals surface area contributed by atoms with Gasteiger partial charge in [0.05, 0.1) is 11.4 Å². The Hall–Kier alpha value is -2.04. The lowest BCUT2D eigenvalue weighted by molar-refractivity contribution is -0.116. The Morgan fingerprint density at radius 2 is 1.75 bits per heavy atom. The van der Waals surface area contributed by atoms with Crippen molar-refractivity contribution in [1.29, 1.82) is 0 Å². The number of hydrogen-bond acceptors (Lipinski definition) is 3. The number of hydrazone groups is 1. The summed E-state index contributed by atoms with van der Waals surface area (Å²) in [5, 5.41) is 6.90. The zero-order valence-corrected chi connectivity index (χ0v) is 15.3. The molecule has 0 unspecified atom stereocenters. The Kier molecular flexibility index (Phi) is 6.23. The van der Waals surface area contributed by atoms with E-state index in [9.17, 15) is 4.79 Å². The van der Waals surface area contributed by atoms with E-state index in [1.807, 2.05) is 50.5 Å². The molecule has 0 heterocycles. The number of carbonyl (C=O) groups is 1. The van der Waals surface area contributed by atoms with Gasteiger partial charge in [-0.3, -0.25) is 4.79 Å². The summed E-state index contributed by atoms with van der Waals surface area (Å²) >= 11 is 11.9. The van der Waals surface area contributed by atoms with Crippen molar-refractivity contribution in [2.75, 3.05) is 31.9 Å². The summed E-state index contributed by atoms with van der Waals surface area (Å²) in [5.41, 5.74) is 3.13. The molecule has 2 aromatic carbocycles. The monoisotopic (exact) mass is 363 g/mol. The number of rotatable bonds is 5. The van der Waals surface area contributed by atoms with Crippen LogP contribution in [0.5, 0.6) is 0 Å². The third-order valence-electron chi connectivity index (χ3n) is 3.41. The molecule has 0 fully saturated rings. The van der Waals surface area contributed by atoms with E-state index in [4.69, 9.17) is 23.2 Å². The van der Waals surface area contributed by atoms with Crippen LogP contribution in [0.1, 0.15) is 11.1 Å². The van der Waals surface area contributed by atoms with Crippen molar-refractivity contribution in [2.24, 2.45) is 5.10 Å². The molecule has 1 amide bonds. The third kappa shape index (κ3) is 4.28. The molecule has 0 aromatic heterocycles. The molecule has 126 valence electrons. The first-order valence-corrected chi connectivity index (χ1v) is 8.29. The molecule has 0 saturated heterocycles. The van der Waals surface area contributed by atoms with Crippen molar-refractivity contribution >= 4 is 40.5 Å². The smallest absolute Gasteiger partial charge is 0.241 e. The SMILES string of the molecule is CN(C)/N=C(/c1ccccc1)c1cc(Cl)ccc1N(C)C(=O)CCl. The minimum Gasteiger partial charge on any atom is -0.314 e. The number of halogens is 2. The first-order valence-electron chi connectivity index (χ1n) is 7.38. The Balaban J connectivity index is 2.66. The first-order chi connectivity index (χ1) is 11.4. The molecule has 0 radical (unpaired) electrons. The molecule has 0 bridgehead atoms. The Morgan fingerprint density at radius 1 is 1.08 bits per heavy atom. The van der Waals surface area contributed by atoms with E-state index < -0.39 is 0 Å². The van der Waals surface area contributed by atoms with Crippen LogP contribution in [-0.2, 0) is 4.79 Å². The predicted octanol–water partition coefficient (Wildman–Crippen LogP) is 3.86. The van der Waals surface area contributed by atoms with Gasteiger partial charge in [0, 0.05) is 37.3 Å². The summed E-state index contributed by atoms with van der Waals surface area (Å²) in [6.45, 7) is 0. The lowest BCUT2D eigenvalue weighted by atomic mass is 10.00. The second-order valence-electron chi connectivity index (χ2n) is 5.41. The summed E-state index contributed by atoms with van der Waals surface area (Å²) < 4.78 is 0. The lowest BCUT2D eigenvalue weighted by Crippen LogP contribution is -2.29. The molecule has 4 nitrogen and oxygen atoms in total. The van der Waals surface area contributed by atoms with Gasteiger partial charge in [0.1, 0.15) is 5.88 Å². The van der Waals surface area contributed by atoms with E-state index in [-0.39, 0.29) is 11.8 Å². The highest BCUT2D eigenvalue weighted by atomic mass is 35.5. The fourth-order valence-electron chi connectivity index (χ4n) is 2.28. The molecule has 0 saturated carbocycles. The molecule has 24 heavy (non-hydrogen) atoms. The number of anilines is 1. The van der Waals surface area contributed by atoms with Crippen molar-refractivity contribution in [3.63, 3.8) is 0 Å². The van der Waals surface area contributed by atoms with Crippen LogP contribution in [0.25, 0.3) is 0 Å². The van der Waals surface area contributed by atoms with Gasteiger partial charge in [-0.15, -0.1) is 11.6 Å². The van der Waals surface area contributed by atoms with Gasteiger partial charge in [0.25, 0.3) is 0 Å². The summed E-state index contributed by atoms with van der Waals surface area (Å²) in [6, 6.07) is 15.1. The summed E-state index contributed by atoms with van der Waals surface area (Å²) in [4.78, 5) is 13.6. The summed E-state index contributed by atoms with van der Waals surface area (Å²) in [5.74, 6) is -0.290. The van der Waals surface area contributed by atoms with Crippen LogP contribution >= 0.6 is 23.2 Å². The fraction of sp³-hybridized carbons (Fsp3) is 0.222. The highest BCUT2D eigenvalue weighted by Gasteiger charge is 2.19. The molecule has 2 aromatic rings. The number of hydrogen-bond donors (Lipinski definition) is 0. The molecule has 2 rings (SSSR count). The van der Waals surface area contributed by atoms with E-state index in [1.165, 1.54) is 4.90 Å². The standard InChI is InChI=1S/C18H19Cl2N3O/c1-22(2)21-18(13-7-5-4-6-8-13)15-11-14(20)9-10-16(15)23(3)17(24)12-19/h4-11H,12H2,1-3H3/b21-18-. The Labute approximate surface area is 152 Å². The number of carbonyl (C=O) groups excluding carboxylic acids is 1. The molecule has 0 spiro atoms. The Bertz CT molecular complexity index is 745. The maximum atomic E-state index is 12.0. The highest BCUT2D eigenvalue weighted by Crippen LogP contribution is 2.27. The van der Waals surface area contributed by atoms with Crippen molar-refractivity contribution in [2.45, 2.75) is 0 Å². The van der Waals surface area contributed by atoms with Gasteiger partial charge in [-0.1, -0.05) is 41.9 Å². The second kappa shape index (κ2) is 8.18. The second-order valence-corrected chi connectivity index (χ2v) is 6.11. The van der Waals surface area contributed by atoms with Crippen LogP contribution in [-0.4, -0.2) is 43.7 Å². The van der Waals surface area contributed by atoms with Crippen LogP contribution in [0.15, 0.2) is 53.6 Å². The zero-order valence-electron chi connectivity index (χ0n) is 13.8. The quantitative estimate of drug-likeness (QED) is 0.459. The Morgan fingerprint density at radius 3 is 2.33 bits per heavy atom. The van der Waals surface area contributed by atoms with Gasteiger partial charge in [0.2, 0.25) is 5.91 Å². The van der Waals surface area contributed by atoms with Crippen LogP contribution in [0, 0.1) is 0 Å². The van der Waals surface area contributed by atoms with Gasteiger partial charge in [-0.25, -0.2) is 0 Å². The van der Waals surface area contributed by atoms with E-state index >= 15 is 0 Å². The van der Waals surface area contributed by atoms with Gasteiger partial charge < -0.3 is 9.91 Å². The maximum Gasteiger partial charge on any atom is 0.241 e. The topological polar surface area (TPSA) is 35.9 Å². The molecule has 0 N–H and O–H groups in total. The minimum absolute atomic E-state index is 0.0932. The molecule has 0 atom stereocenters. The average Bonchev–Trinajstić information content (AvgIpc) is 2.59. The largest absolute Gasteiger partial charge is 0.314 e. The first kappa shape index (κ1) is 18.3. The van der Waals surface area contributed by atoms with Gasteiger partial charge in [-0.2, -0.15) is 5.10 Å². The summed E-state index contributed by atoms with van der Waals surface area (Å²) in [6.07, 6.45) is 0. The van der Waals surface area contributed by atoms with Crippen LogP contribution in [0.3, 0.4) is 0 Å². The van der Waals surface area contributed by atoms with Crippen LogP contribution < -0.4 is 4.90 Å². The fourth-order valence-corrected chi connectivity index (χ4v) is 2.63. The molecular weight excluding hydrogens is 345 g/mol. The average molecular weight is 364 g/mol. The number of benzene rings is 2. The molecule has 0 aliphatic heterocycles. The van der Waals surface area contributed by atoms with E-state index in [1.54, 1.807) is 24.2 Å².